The molecule has 0 amide bonds. The number of thiophene rings is 1. The largest absolute Gasteiger partial charge is 0.493 e. The summed E-state index contributed by atoms with van der Waals surface area (Å²) in [6.07, 6.45) is 2.73. The van der Waals surface area contributed by atoms with Gasteiger partial charge in [-0.15, -0.1) is 11.3 Å². The summed E-state index contributed by atoms with van der Waals surface area (Å²) in [4.78, 5) is 13.8. The zero-order valence-corrected chi connectivity index (χ0v) is 14.8. The van der Waals surface area contributed by atoms with Crippen molar-refractivity contribution in [1.29, 1.82) is 0 Å². The molecule has 4 heterocycles. The van der Waals surface area contributed by atoms with E-state index in [-0.39, 0.29) is 0 Å². The number of anilines is 1. The third-order valence-corrected chi connectivity index (χ3v) is 5.96. The maximum absolute atomic E-state index is 5.60. The van der Waals surface area contributed by atoms with Crippen molar-refractivity contribution in [2.24, 2.45) is 0 Å². The monoisotopic (exact) mass is 352 g/mol. The van der Waals surface area contributed by atoms with Crippen molar-refractivity contribution in [3.8, 4) is 5.75 Å². The van der Waals surface area contributed by atoms with Crippen LogP contribution in [0.3, 0.4) is 0 Å². The van der Waals surface area contributed by atoms with Crippen LogP contribution in [0, 0.1) is 0 Å². The van der Waals surface area contributed by atoms with Gasteiger partial charge >= 0.3 is 0 Å². The van der Waals surface area contributed by atoms with Crippen molar-refractivity contribution in [3.63, 3.8) is 0 Å². The van der Waals surface area contributed by atoms with Gasteiger partial charge in [0.05, 0.1) is 16.8 Å². The minimum Gasteiger partial charge on any atom is -0.493 e. The highest BCUT2D eigenvalue weighted by Gasteiger charge is 2.21. The minimum absolute atomic E-state index is 0.827. The predicted octanol–water partition coefficient (Wildman–Crippen LogP) is 2.95. The highest BCUT2D eigenvalue weighted by molar-refractivity contribution is 7.17. The summed E-state index contributed by atoms with van der Waals surface area (Å²) in [5, 5.41) is 2.09. The molecule has 2 aromatic heterocycles. The van der Waals surface area contributed by atoms with Crippen molar-refractivity contribution >= 4 is 27.4 Å². The maximum Gasteiger partial charge on any atom is 0.150 e. The van der Waals surface area contributed by atoms with Crippen LogP contribution in [0.15, 0.2) is 36.0 Å². The fourth-order valence-electron chi connectivity index (χ4n) is 3.72. The van der Waals surface area contributed by atoms with E-state index in [9.17, 15) is 0 Å². The standard InChI is InChI=1S/C19H20N4OS/c1-2-17-15(3-9-24-17)11-14(1)12-22-5-7-23(8-6-22)19-18-16(4-10-25-18)20-13-21-19/h1-2,4,10-11,13H,3,5-9,12H2. The van der Waals surface area contributed by atoms with Crippen molar-refractivity contribution in [3.05, 3.63) is 47.1 Å². The van der Waals surface area contributed by atoms with Crippen LogP contribution >= 0.6 is 11.3 Å². The van der Waals surface area contributed by atoms with E-state index in [1.807, 2.05) is 0 Å². The summed E-state index contributed by atoms with van der Waals surface area (Å²) in [7, 11) is 0. The zero-order chi connectivity index (χ0) is 16.6. The van der Waals surface area contributed by atoms with Gasteiger partial charge in [0, 0.05) is 39.1 Å². The second kappa shape index (κ2) is 6.28. The Morgan fingerprint density at radius 1 is 1.08 bits per heavy atom. The Morgan fingerprint density at radius 3 is 2.92 bits per heavy atom. The molecule has 128 valence electrons. The van der Waals surface area contributed by atoms with Crippen LogP contribution in [-0.2, 0) is 13.0 Å². The van der Waals surface area contributed by atoms with Gasteiger partial charge in [-0.2, -0.15) is 0 Å². The van der Waals surface area contributed by atoms with Gasteiger partial charge in [0.15, 0.2) is 0 Å². The molecule has 0 bridgehead atoms. The molecule has 3 aromatic rings. The molecule has 5 nitrogen and oxygen atoms in total. The van der Waals surface area contributed by atoms with E-state index in [0.29, 0.717) is 0 Å². The molecule has 6 heteroatoms. The molecule has 1 saturated heterocycles. The number of aromatic nitrogens is 2. The Hall–Kier alpha value is -2.18. The highest BCUT2D eigenvalue weighted by Crippen LogP contribution is 2.29. The lowest BCUT2D eigenvalue weighted by Crippen LogP contribution is -2.46. The topological polar surface area (TPSA) is 41.5 Å². The summed E-state index contributed by atoms with van der Waals surface area (Å²) in [6.45, 7) is 5.98. The molecule has 25 heavy (non-hydrogen) atoms. The Balaban J connectivity index is 1.26. The Labute approximate surface area is 150 Å². The number of ether oxygens (including phenoxy) is 1. The number of rotatable bonds is 3. The third-order valence-electron chi connectivity index (χ3n) is 5.06. The number of piperazine rings is 1. The molecule has 0 unspecified atom stereocenters. The summed E-state index contributed by atoms with van der Waals surface area (Å²) in [5.74, 6) is 2.16. The smallest absolute Gasteiger partial charge is 0.150 e. The number of hydrogen-bond donors (Lipinski definition) is 0. The van der Waals surface area contributed by atoms with Crippen LogP contribution < -0.4 is 9.64 Å². The van der Waals surface area contributed by atoms with Crippen LogP contribution in [0.2, 0.25) is 0 Å². The van der Waals surface area contributed by atoms with Crippen LogP contribution in [-0.4, -0.2) is 47.7 Å². The van der Waals surface area contributed by atoms with Crippen LogP contribution in [0.4, 0.5) is 5.82 Å². The molecule has 0 spiro atoms. The van der Waals surface area contributed by atoms with Gasteiger partial charge in [0.25, 0.3) is 0 Å². The first-order valence-corrected chi connectivity index (χ1v) is 9.65. The van der Waals surface area contributed by atoms with Crippen LogP contribution in [0.5, 0.6) is 5.75 Å². The molecular weight excluding hydrogens is 332 g/mol. The van der Waals surface area contributed by atoms with Crippen molar-refractivity contribution in [1.82, 2.24) is 14.9 Å². The molecule has 1 aromatic carbocycles. The molecule has 0 saturated carbocycles. The fraction of sp³-hybridized carbons (Fsp3) is 0.368. The minimum atomic E-state index is 0.827. The average molecular weight is 352 g/mol. The molecule has 1 fully saturated rings. The average Bonchev–Trinajstić information content (AvgIpc) is 3.31. The fourth-order valence-corrected chi connectivity index (χ4v) is 4.58. The summed E-state index contributed by atoms with van der Waals surface area (Å²) in [5.41, 5.74) is 3.80. The maximum atomic E-state index is 5.60. The quantitative estimate of drug-likeness (QED) is 0.725. The van der Waals surface area contributed by atoms with E-state index in [1.54, 1.807) is 17.7 Å². The van der Waals surface area contributed by atoms with Gasteiger partial charge in [-0.05, 0) is 28.6 Å². The second-order valence-electron chi connectivity index (χ2n) is 6.64. The van der Waals surface area contributed by atoms with Gasteiger partial charge in [-0.25, -0.2) is 9.97 Å². The normalized spacial score (nSPS) is 17.7. The Kier molecular flexibility index (Phi) is 3.79. The predicted molar refractivity (Wildman–Crippen MR) is 101 cm³/mol. The molecule has 0 radical (unpaired) electrons. The molecule has 2 aliphatic heterocycles. The van der Waals surface area contributed by atoms with Crippen molar-refractivity contribution in [2.45, 2.75) is 13.0 Å². The van der Waals surface area contributed by atoms with Crippen molar-refractivity contribution < 1.29 is 4.74 Å². The van der Waals surface area contributed by atoms with Gasteiger partial charge in [0.2, 0.25) is 0 Å². The van der Waals surface area contributed by atoms with Gasteiger partial charge < -0.3 is 9.64 Å². The third kappa shape index (κ3) is 2.85. The molecule has 2 aliphatic rings. The lowest BCUT2D eigenvalue weighted by atomic mass is 10.1. The van der Waals surface area contributed by atoms with E-state index >= 15 is 0 Å². The van der Waals surface area contributed by atoms with E-state index in [2.05, 4.69) is 49.4 Å². The van der Waals surface area contributed by atoms with Gasteiger partial charge in [-0.1, -0.05) is 12.1 Å². The summed E-state index contributed by atoms with van der Waals surface area (Å²) >= 11 is 1.73. The number of nitrogens with zero attached hydrogens (tertiary/aromatic N) is 4. The Bertz CT molecular complexity index is 901. The number of fused-ring (bicyclic) bond motifs is 2. The van der Waals surface area contributed by atoms with Crippen LogP contribution in [0.25, 0.3) is 10.2 Å². The lowest BCUT2D eigenvalue weighted by molar-refractivity contribution is 0.249. The first kappa shape index (κ1) is 15.1. The molecule has 0 atom stereocenters. The van der Waals surface area contributed by atoms with Gasteiger partial charge in [0.1, 0.15) is 17.9 Å². The highest BCUT2D eigenvalue weighted by atomic mass is 32.1. The van der Waals surface area contributed by atoms with E-state index in [0.717, 1.165) is 62.8 Å². The van der Waals surface area contributed by atoms with Crippen LogP contribution in [0.1, 0.15) is 11.1 Å². The van der Waals surface area contributed by atoms with Gasteiger partial charge in [-0.3, -0.25) is 4.90 Å². The lowest BCUT2D eigenvalue weighted by Gasteiger charge is -2.35. The second-order valence-corrected chi connectivity index (χ2v) is 7.55. The summed E-state index contributed by atoms with van der Waals surface area (Å²) in [6, 6.07) is 8.71. The molecule has 0 aliphatic carbocycles. The summed E-state index contributed by atoms with van der Waals surface area (Å²) < 4.78 is 6.81. The molecule has 0 N–H and O–H groups in total. The zero-order valence-electron chi connectivity index (χ0n) is 14.0. The molecular formula is C19H20N4OS. The Morgan fingerprint density at radius 2 is 2.00 bits per heavy atom. The molecule has 5 rings (SSSR count). The SMILES string of the molecule is c1nc(N2CCN(Cc3ccc4c(c3)CCO4)CC2)c2sccc2n1. The first-order chi connectivity index (χ1) is 12.4. The number of benzene rings is 1. The van der Waals surface area contributed by atoms with E-state index in [4.69, 9.17) is 4.74 Å². The van der Waals surface area contributed by atoms with E-state index in [1.165, 1.54) is 15.8 Å². The van der Waals surface area contributed by atoms with Crippen molar-refractivity contribution in [2.75, 3.05) is 37.7 Å². The first-order valence-electron chi connectivity index (χ1n) is 8.77. The number of hydrogen-bond acceptors (Lipinski definition) is 6. The van der Waals surface area contributed by atoms with E-state index < -0.39 is 0 Å².